The first-order valence-corrected chi connectivity index (χ1v) is 17.5. The normalized spacial score (nSPS) is 11.5. The Hall–Kier alpha value is -7.04. The minimum Gasteiger partial charge on any atom is -0.254 e. The van der Waals surface area contributed by atoms with Crippen molar-refractivity contribution in [2.45, 2.75) is 0 Å². The van der Waals surface area contributed by atoms with Crippen molar-refractivity contribution in [1.82, 2.24) is 19.9 Å². The fraction of sp³-hybridized carbons (Fsp3) is 0. The van der Waals surface area contributed by atoms with Crippen molar-refractivity contribution in [3.8, 4) is 56.2 Å². The molecule has 4 heteroatoms. The molecule has 242 valence electrons. The van der Waals surface area contributed by atoms with E-state index in [9.17, 15) is 0 Å². The molecular weight excluding hydrogens is 633 g/mol. The monoisotopic (exact) mass is 662 g/mol. The van der Waals surface area contributed by atoms with E-state index < -0.39 is 0 Å². The van der Waals surface area contributed by atoms with Gasteiger partial charge in [-0.25, -0.2) is 15.0 Å². The quantitative estimate of drug-likeness (QED) is 0.136. The molecular formula is C48H30N4. The van der Waals surface area contributed by atoms with Crippen LogP contribution in [-0.4, -0.2) is 19.9 Å². The van der Waals surface area contributed by atoms with Crippen LogP contribution >= 0.6 is 0 Å². The van der Waals surface area contributed by atoms with E-state index >= 15 is 0 Å². The predicted molar refractivity (Wildman–Crippen MR) is 215 cm³/mol. The Labute approximate surface area is 300 Å². The summed E-state index contributed by atoms with van der Waals surface area (Å²) in [5, 5.41) is 5.47. The maximum absolute atomic E-state index is 5.26. The lowest BCUT2D eigenvalue weighted by Gasteiger charge is -2.17. The third-order valence-electron chi connectivity index (χ3n) is 9.94. The molecule has 4 nitrogen and oxygen atoms in total. The number of fused-ring (bicyclic) bond motifs is 5. The molecule has 0 saturated carbocycles. The Morgan fingerprint density at radius 3 is 1.67 bits per heavy atom. The van der Waals surface area contributed by atoms with Gasteiger partial charge in [0, 0.05) is 44.6 Å². The van der Waals surface area contributed by atoms with Gasteiger partial charge in [0.2, 0.25) is 0 Å². The Morgan fingerprint density at radius 2 is 0.923 bits per heavy atom. The highest BCUT2D eigenvalue weighted by atomic mass is 14.9. The standard InChI is InChI=1S/C48H30N4/c1-3-12-31(13-4-1)32-21-23-34(24-22-32)44-30-43(33-14-5-2-6-15-33)51-48(52-44)39-28-27-38(36-17-7-8-18-37(36)39)45-40-19-9-10-20-42(40)50-47-41(45)26-25-35-16-11-29-49-46(35)47/h1-30H. The average molecular weight is 663 g/mol. The molecule has 3 aromatic heterocycles. The molecule has 10 aromatic rings. The lowest BCUT2D eigenvalue weighted by Crippen LogP contribution is -1.97. The summed E-state index contributed by atoms with van der Waals surface area (Å²) in [7, 11) is 0. The number of aromatic nitrogens is 4. The van der Waals surface area contributed by atoms with Crippen molar-refractivity contribution in [1.29, 1.82) is 0 Å². The first-order valence-electron chi connectivity index (χ1n) is 17.5. The highest BCUT2D eigenvalue weighted by molar-refractivity contribution is 6.19. The van der Waals surface area contributed by atoms with Crippen LogP contribution in [0.1, 0.15) is 0 Å². The van der Waals surface area contributed by atoms with Crippen LogP contribution in [0.2, 0.25) is 0 Å². The van der Waals surface area contributed by atoms with Gasteiger partial charge in [0.25, 0.3) is 0 Å². The van der Waals surface area contributed by atoms with Crippen LogP contribution in [0.4, 0.5) is 0 Å². The van der Waals surface area contributed by atoms with Gasteiger partial charge >= 0.3 is 0 Å². The summed E-state index contributed by atoms with van der Waals surface area (Å²) in [5.41, 5.74) is 12.2. The molecule has 0 aliphatic carbocycles. The molecule has 0 spiro atoms. The van der Waals surface area contributed by atoms with Gasteiger partial charge in [0.1, 0.15) is 0 Å². The minimum atomic E-state index is 0.686. The molecule has 10 rings (SSSR count). The SMILES string of the molecule is c1ccc(-c2ccc(-c3cc(-c4ccccc4)nc(-c4ccc(-c5c6ccccc6nc6c5ccc5cccnc56)c5ccccc45)n3)cc2)cc1. The molecule has 0 aliphatic rings. The number of pyridine rings is 2. The zero-order chi connectivity index (χ0) is 34.4. The van der Waals surface area contributed by atoms with Crippen LogP contribution in [0.3, 0.4) is 0 Å². The van der Waals surface area contributed by atoms with Gasteiger partial charge in [-0.05, 0) is 51.7 Å². The highest BCUT2D eigenvalue weighted by Gasteiger charge is 2.19. The van der Waals surface area contributed by atoms with E-state index in [0.717, 1.165) is 82.7 Å². The molecule has 52 heavy (non-hydrogen) atoms. The van der Waals surface area contributed by atoms with Gasteiger partial charge in [0.05, 0.1) is 27.9 Å². The number of rotatable bonds is 5. The second-order valence-electron chi connectivity index (χ2n) is 13.0. The fourth-order valence-electron chi connectivity index (χ4n) is 7.43. The summed E-state index contributed by atoms with van der Waals surface area (Å²) < 4.78 is 0. The first-order chi connectivity index (χ1) is 25.8. The van der Waals surface area contributed by atoms with Gasteiger partial charge in [0.15, 0.2) is 5.82 Å². The Bertz CT molecular complexity index is 2940. The van der Waals surface area contributed by atoms with Gasteiger partial charge < -0.3 is 0 Å². The van der Waals surface area contributed by atoms with Crippen molar-refractivity contribution in [3.05, 3.63) is 182 Å². The first kappa shape index (κ1) is 29.8. The molecule has 3 heterocycles. The predicted octanol–water partition coefficient (Wildman–Crippen LogP) is 12.2. The maximum atomic E-state index is 5.26. The molecule has 0 amide bonds. The third-order valence-corrected chi connectivity index (χ3v) is 9.94. The summed E-state index contributed by atoms with van der Waals surface area (Å²) in [6.45, 7) is 0. The summed E-state index contributed by atoms with van der Waals surface area (Å²) in [5.74, 6) is 0.686. The van der Waals surface area contributed by atoms with Crippen molar-refractivity contribution in [2.24, 2.45) is 0 Å². The van der Waals surface area contributed by atoms with Gasteiger partial charge in [-0.15, -0.1) is 0 Å². The topological polar surface area (TPSA) is 51.6 Å². The van der Waals surface area contributed by atoms with E-state index in [1.165, 1.54) is 11.1 Å². The van der Waals surface area contributed by atoms with Gasteiger partial charge in [-0.3, -0.25) is 4.98 Å². The molecule has 7 aromatic carbocycles. The average Bonchev–Trinajstić information content (AvgIpc) is 3.23. The molecule has 0 unspecified atom stereocenters. The summed E-state index contributed by atoms with van der Waals surface area (Å²) in [6.07, 6.45) is 1.85. The molecule has 0 fully saturated rings. The van der Waals surface area contributed by atoms with Crippen molar-refractivity contribution in [3.63, 3.8) is 0 Å². The summed E-state index contributed by atoms with van der Waals surface area (Å²) in [6, 6.07) is 61.4. The molecule has 0 bridgehead atoms. The highest BCUT2D eigenvalue weighted by Crippen LogP contribution is 2.42. The van der Waals surface area contributed by atoms with Crippen LogP contribution < -0.4 is 0 Å². The Kier molecular flexibility index (Phi) is 7.10. The van der Waals surface area contributed by atoms with E-state index in [4.69, 9.17) is 19.9 Å². The molecule has 0 saturated heterocycles. The zero-order valence-corrected chi connectivity index (χ0v) is 28.1. The minimum absolute atomic E-state index is 0.686. The lowest BCUT2D eigenvalue weighted by atomic mass is 9.90. The van der Waals surface area contributed by atoms with Crippen molar-refractivity contribution in [2.75, 3.05) is 0 Å². The number of nitrogens with zero attached hydrogens (tertiary/aromatic N) is 4. The van der Waals surface area contributed by atoms with Crippen LogP contribution in [0.15, 0.2) is 182 Å². The van der Waals surface area contributed by atoms with E-state index in [2.05, 4.69) is 158 Å². The maximum Gasteiger partial charge on any atom is 0.161 e. The van der Waals surface area contributed by atoms with Crippen LogP contribution in [0.25, 0.3) is 99.6 Å². The Morgan fingerprint density at radius 1 is 0.346 bits per heavy atom. The number of para-hydroxylation sites is 1. The molecule has 0 radical (unpaired) electrons. The largest absolute Gasteiger partial charge is 0.254 e. The van der Waals surface area contributed by atoms with Crippen LogP contribution in [0, 0.1) is 0 Å². The Balaban J connectivity index is 1.19. The van der Waals surface area contributed by atoms with E-state index in [1.54, 1.807) is 0 Å². The number of hydrogen-bond acceptors (Lipinski definition) is 4. The smallest absolute Gasteiger partial charge is 0.161 e. The van der Waals surface area contributed by atoms with E-state index in [-0.39, 0.29) is 0 Å². The second-order valence-corrected chi connectivity index (χ2v) is 13.0. The molecule has 0 N–H and O–H groups in total. The van der Waals surface area contributed by atoms with Crippen LogP contribution in [-0.2, 0) is 0 Å². The second kappa shape index (κ2) is 12.4. The van der Waals surface area contributed by atoms with Gasteiger partial charge in [-0.2, -0.15) is 0 Å². The zero-order valence-electron chi connectivity index (χ0n) is 28.1. The summed E-state index contributed by atoms with van der Waals surface area (Å²) >= 11 is 0. The third kappa shape index (κ3) is 5.09. The van der Waals surface area contributed by atoms with Crippen molar-refractivity contribution < 1.29 is 0 Å². The molecule has 0 aliphatic heterocycles. The number of hydrogen-bond donors (Lipinski definition) is 0. The summed E-state index contributed by atoms with van der Waals surface area (Å²) in [4.78, 5) is 20.4. The van der Waals surface area contributed by atoms with E-state index in [1.807, 2.05) is 24.4 Å². The van der Waals surface area contributed by atoms with E-state index in [0.29, 0.717) is 5.82 Å². The lowest BCUT2D eigenvalue weighted by molar-refractivity contribution is 1.19. The van der Waals surface area contributed by atoms with Crippen LogP contribution in [0.5, 0.6) is 0 Å². The molecule has 0 atom stereocenters. The number of benzene rings is 7. The van der Waals surface area contributed by atoms with Crippen molar-refractivity contribution >= 4 is 43.5 Å². The fourth-order valence-corrected chi connectivity index (χ4v) is 7.43. The van der Waals surface area contributed by atoms with Gasteiger partial charge in [-0.1, -0.05) is 152 Å².